The minimum atomic E-state index is -0.0959. The highest BCUT2D eigenvalue weighted by molar-refractivity contribution is 5.39. The van der Waals surface area contributed by atoms with E-state index in [1.54, 1.807) is 6.08 Å². The molecule has 26 heavy (non-hydrogen) atoms. The predicted octanol–water partition coefficient (Wildman–Crippen LogP) is 3.13. The number of allylic oxidation sites excluding steroid dienone is 6. The Morgan fingerprint density at radius 1 is 1.31 bits per heavy atom. The fourth-order valence-electron chi connectivity index (χ4n) is 4.49. The van der Waals surface area contributed by atoms with Gasteiger partial charge in [0.05, 0.1) is 6.04 Å². The van der Waals surface area contributed by atoms with Crippen LogP contribution in [0.15, 0.2) is 58.6 Å². The molecule has 4 nitrogen and oxygen atoms in total. The molecule has 4 rings (SSSR count). The highest BCUT2D eigenvalue weighted by Crippen LogP contribution is 2.38. The molecular weight excluding hydrogens is 329 g/mol. The molecule has 4 aliphatic rings. The van der Waals surface area contributed by atoms with Crippen molar-refractivity contribution in [2.75, 3.05) is 13.8 Å². The highest BCUT2D eigenvalue weighted by Gasteiger charge is 2.42. The fourth-order valence-corrected chi connectivity index (χ4v) is 4.49. The lowest BCUT2D eigenvalue weighted by Crippen LogP contribution is -2.54. The van der Waals surface area contributed by atoms with Gasteiger partial charge in [0.15, 0.2) is 0 Å². The molecule has 5 heteroatoms. The maximum Gasteiger partial charge on any atom is 0.129 e. The molecule has 0 aromatic heterocycles. The van der Waals surface area contributed by atoms with Crippen LogP contribution in [0.4, 0.5) is 4.39 Å². The monoisotopic (exact) mass is 357 g/mol. The van der Waals surface area contributed by atoms with Gasteiger partial charge in [-0.15, -0.1) is 0 Å². The predicted molar refractivity (Wildman–Crippen MR) is 101 cm³/mol. The Morgan fingerprint density at radius 3 is 2.85 bits per heavy atom. The lowest BCUT2D eigenvalue weighted by atomic mass is 9.75. The first-order valence-electron chi connectivity index (χ1n) is 9.41. The summed E-state index contributed by atoms with van der Waals surface area (Å²) in [5.74, 6) is 0.453. The summed E-state index contributed by atoms with van der Waals surface area (Å²) >= 11 is 0. The molecule has 0 saturated carbocycles. The second-order valence-electron chi connectivity index (χ2n) is 7.98. The van der Waals surface area contributed by atoms with Crippen molar-refractivity contribution in [1.82, 2.24) is 10.2 Å². The molecule has 2 aliphatic heterocycles. The van der Waals surface area contributed by atoms with Crippen molar-refractivity contribution in [2.45, 2.75) is 45.0 Å². The molecule has 0 aromatic rings. The summed E-state index contributed by atoms with van der Waals surface area (Å²) in [5, 5.41) is 3.71. The quantitative estimate of drug-likeness (QED) is 0.746. The van der Waals surface area contributed by atoms with E-state index in [0.717, 1.165) is 29.7 Å². The Hall–Kier alpha value is -1.69. The maximum atomic E-state index is 13.8. The lowest BCUT2D eigenvalue weighted by molar-refractivity contribution is 0.0586. The van der Waals surface area contributed by atoms with Gasteiger partial charge in [0, 0.05) is 23.6 Å². The number of hydrogen-bond acceptors (Lipinski definition) is 4. The van der Waals surface area contributed by atoms with E-state index >= 15 is 0 Å². The first-order chi connectivity index (χ1) is 12.4. The molecule has 140 valence electrons. The van der Waals surface area contributed by atoms with Gasteiger partial charge >= 0.3 is 0 Å². The van der Waals surface area contributed by atoms with Crippen LogP contribution in [-0.2, 0) is 4.74 Å². The number of hydrogen-bond donors (Lipinski definition) is 2. The molecule has 0 radical (unpaired) electrons. The van der Waals surface area contributed by atoms with Crippen LogP contribution >= 0.6 is 0 Å². The smallest absolute Gasteiger partial charge is 0.129 e. The van der Waals surface area contributed by atoms with Gasteiger partial charge < -0.3 is 10.5 Å². The van der Waals surface area contributed by atoms with Crippen molar-refractivity contribution < 1.29 is 9.13 Å². The van der Waals surface area contributed by atoms with E-state index in [9.17, 15) is 4.39 Å². The zero-order valence-electron chi connectivity index (χ0n) is 15.7. The Labute approximate surface area is 154 Å². The average molecular weight is 357 g/mol. The Balaban J connectivity index is 1.67. The Kier molecular flexibility index (Phi) is 4.63. The zero-order valence-corrected chi connectivity index (χ0v) is 15.7. The third-order valence-corrected chi connectivity index (χ3v) is 6.14. The largest absolute Gasteiger partial charge is 0.399 e. The summed E-state index contributed by atoms with van der Waals surface area (Å²) in [6.07, 6.45) is 12.1. The second kappa shape index (κ2) is 6.80. The number of likely N-dealkylation sites (N-methyl/N-ethyl adjacent to an activating group) is 1. The standard InChI is InChI=1S/C21H28FN3O/c1-12-8-15(4-6-17(12)22)20-16(14-5-7-18(23)13(2)9-14)10-19-21(24-20)26-11-25(19)3/h4,6-7,9-10,14-15,19-21,24H,5,8,11,23H2,1-3H3. The van der Waals surface area contributed by atoms with Gasteiger partial charge in [-0.05, 0) is 56.5 Å². The average Bonchev–Trinajstić information content (AvgIpc) is 2.99. The number of rotatable bonds is 2. The van der Waals surface area contributed by atoms with Crippen molar-refractivity contribution >= 4 is 0 Å². The van der Waals surface area contributed by atoms with Gasteiger partial charge in [-0.25, -0.2) is 4.39 Å². The van der Waals surface area contributed by atoms with Crippen molar-refractivity contribution in [3.63, 3.8) is 0 Å². The van der Waals surface area contributed by atoms with Crippen molar-refractivity contribution in [2.24, 2.45) is 17.6 Å². The summed E-state index contributed by atoms with van der Waals surface area (Å²) in [4.78, 5) is 2.22. The number of nitrogens with zero attached hydrogens (tertiary/aromatic N) is 1. The van der Waals surface area contributed by atoms with Crippen molar-refractivity contribution in [1.29, 1.82) is 0 Å². The topological polar surface area (TPSA) is 50.5 Å². The second-order valence-corrected chi connectivity index (χ2v) is 7.98. The highest BCUT2D eigenvalue weighted by atomic mass is 19.1. The van der Waals surface area contributed by atoms with Crippen LogP contribution in [0, 0.1) is 11.8 Å². The fraction of sp³-hybridized carbons (Fsp3) is 0.524. The molecular formula is C21H28FN3O. The normalized spacial score (nSPS) is 38.0. The van der Waals surface area contributed by atoms with E-state index in [-0.39, 0.29) is 30.1 Å². The number of nitrogens with two attached hydrogens (primary N) is 1. The summed E-state index contributed by atoms with van der Waals surface area (Å²) in [6.45, 7) is 4.58. The maximum absolute atomic E-state index is 13.8. The third-order valence-electron chi connectivity index (χ3n) is 6.14. The van der Waals surface area contributed by atoms with E-state index in [0.29, 0.717) is 12.6 Å². The van der Waals surface area contributed by atoms with Crippen LogP contribution in [0.1, 0.15) is 26.7 Å². The summed E-state index contributed by atoms with van der Waals surface area (Å²) in [7, 11) is 2.09. The molecule has 0 spiro atoms. The van der Waals surface area contributed by atoms with Crippen LogP contribution in [0.2, 0.25) is 0 Å². The number of ether oxygens (including phenoxy) is 1. The Morgan fingerprint density at radius 2 is 2.12 bits per heavy atom. The first kappa shape index (κ1) is 17.7. The molecule has 0 amide bonds. The zero-order chi connectivity index (χ0) is 18.4. The number of halogens is 1. The molecule has 0 aromatic carbocycles. The van der Waals surface area contributed by atoms with Crippen LogP contribution in [-0.4, -0.2) is 37.0 Å². The molecule has 1 saturated heterocycles. The van der Waals surface area contributed by atoms with Gasteiger partial charge in [-0.1, -0.05) is 24.3 Å². The van der Waals surface area contributed by atoms with Gasteiger partial charge in [0.2, 0.25) is 0 Å². The first-order valence-corrected chi connectivity index (χ1v) is 9.41. The van der Waals surface area contributed by atoms with E-state index in [4.69, 9.17) is 10.5 Å². The lowest BCUT2D eigenvalue weighted by Gasteiger charge is -2.40. The Bertz CT molecular complexity index is 748. The number of nitrogens with one attached hydrogen (secondary N) is 1. The SMILES string of the molecule is CC1=CC(C2=CC3C(NC2C2C=CC(F)=C(C)C2)OCN3C)CC=C1N. The third kappa shape index (κ3) is 3.08. The van der Waals surface area contributed by atoms with Crippen LogP contribution in [0.5, 0.6) is 0 Å². The summed E-state index contributed by atoms with van der Waals surface area (Å²) in [6, 6.07) is 0.378. The molecule has 2 heterocycles. The van der Waals surface area contributed by atoms with Gasteiger partial charge in [0.25, 0.3) is 0 Å². The summed E-state index contributed by atoms with van der Waals surface area (Å²) in [5.41, 5.74) is 10.3. The number of fused-ring (bicyclic) bond motifs is 1. The molecule has 0 bridgehead atoms. The molecule has 2 aliphatic carbocycles. The van der Waals surface area contributed by atoms with E-state index in [2.05, 4.69) is 42.4 Å². The van der Waals surface area contributed by atoms with E-state index in [1.165, 1.54) is 5.57 Å². The molecule has 5 unspecified atom stereocenters. The molecule has 3 N–H and O–H groups in total. The summed E-state index contributed by atoms with van der Waals surface area (Å²) < 4.78 is 19.7. The van der Waals surface area contributed by atoms with Gasteiger partial charge in [-0.2, -0.15) is 0 Å². The van der Waals surface area contributed by atoms with Gasteiger partial charge in [0.1, 0.15) is 18.8 Å². The van der Waals surface area contributed by atoms with Crippen molar-refractivity contribution in [3.8, 4) is 0 Å². The minimum Gasteiger partial charge on any atom is -0.399 e. The molecule has 1 fully saturated rings. The minimum absolute atomic E-state index is 0.00696. The van der Waals surface area contributed by atoms with Crippen molar-refractivity contribution in [3.05, 3.63) is 58.6 Å². The molecule has 5 atom stereocenters. The van der Waals surface area contributed by atoms with Gasteiger partial charge in [-0.3, -0.25) is 10.2 Å². The van der Waals surface area contributed by atoms with Crippen LogP contribution in [0.3, 0.4) is 0 Å². The van der Waals surface area contributed by atoms with E-state index < -0.39 is 0 Å². The van der Waals surface area contributed by atoms with Crippen LogP contribution in [0.25, 0.3) is 0 Å². The van der Waals surface area contributed by atoms with Crippen LogP contribution < -0.4 is 11.1 Å². The van der Waals surface area contributed by atoms with E-state index in [1.807, 2.05) is 13.0 Å².